The second-order valence-electron chi connectivity index (χ2n) is 8.84. The maximum absolute atomic E-state index is 11.5. The Labute approximate surface area is 182 Å². The monoisotopic (exact) mass is 438 g/mol. The summed E-state index contributed by atoms with van der Waals surface area (Å²) in [6.07, 6.45) is 4.05. The number of methoxy groups -OCH3 is 1. The number of benzene rings is 1. The first kappa shape index (κ1) is 24.3. The molecule has 2 rings (SSSR count). The Morgan fingerprint density at radius 1 is 1.33 bits per heavy atom. The van der Waals surface area contributed by atoms with Gasteiger partial charge in [-0.05, 0) is 43.7 Å². The van der Waals surface area contributed by atoms with E-state index in [0.717, 1.165) is 49.9 Å². The van der Waals surface area contributed by atoms with Crippen molar-refractivity contribution < 1.29 is 13.2 Å². The zero-order chi connectivity index (χ0) is 22.2. The number of aliphatic imine (C=N–C) groups is 1. The van der Waals surface area contributed by atoms with Crippen molar-refractivity contribution in [2.45, 2.75) is 46.1 Å². The summed E-state index contributed by atoms with van der Waals surface area (Å²) in [5.74, 6) is 1.87. The first-order valence-electron chi connectivity index (χ1n) is 10.7. The van der Waals surface area contributed by atoms with Gasteiger partial charge in [0.2, 0.25) is 0 Å². The van der Waals surface area contributed by atoms with Gasteiger partial charge < -0.3 is 20.3 Å². The van der Waals surface area contributed by atoms with Crippen molar-refractivity contribution in [2.75, 3.05) is 50.2 Å². The standard InChI is InChI=1S/C22H38N4O3S/c1-6-23-21(24-17-22(2,3)13-15-30(5,27)28)25-18-10-9-14-26(16-18)19-11-7-8-12-20(19)29-4/h7-8,11-12,18H,6,9-10,13-17H2,1-5H3,(H2,23,24,25). The molecule has 8 heteroatoms. The summed E-state index contributed by atoms with van der Waals surface area (Å²) in [5.41, 5.74) is 0.942. The fourth-order valence-corrected chi connectivity index (χ4v) is 4.48. The lowest BCUT2D eigenvalue weighted by molar-refractivity contribution is 0.364. The zero-order valence-electron chi connectivity index (χ0n) is 19.1. The minimum atomic E-state index is -2.96. The maximum Gasteiger partial charge on any atom is 0.191 e. The smallest absolute Gasteiger partial charge is 0.191 e. The molecule has 1 aromatic rings. The molecule has 0 aromatic heterocycles. The van der Waals surface area contributed by atoms with E-state index in [4.69, 9.17) is 9.73 Å². The van der Waals surface area contributed by atoms with Crippen LogP contribution in [0.25, 0.3) is 0 Å². The first-order chi connectivity index (χ1) is 14.1. The number of para-hydroxylation sites is 2. The predicted octanol–water partition coefficient (Wildman–Crippen LogP) is 2.68. The lowest BCUT2D eigenvalue weighted by Crippen LogP contribution is -2.51. The molecule has 2 N–H and O–H groups in total. The van der Waals surface area contributed by atoms with Crippen LogP contribution in [-0.4, -0.2) is 65.7 Å². The van der Waals surface area contributed by atoms with E-state index in [1.54, 1.807) is 7.11 Å². The molecule has 0 spiro atoms. The third kappa shape index (κ3) is 8.05. The number of hydrogen-bond acceptors (Lipinski definition) is 5. The Morgan fingerprint density at radius 3 is 2.73 bits per heavy atom. The van der Waals surface area contributed by atoms with Crippen molar-refractivity contribution >= 4 is 21.5 Å². The molecule has 1 aliphatic heterocycles. The van der Waals surface area contributed by atoms with Crippen LogP contribution in [-0.2, 0) is 9.84 Å². The highest BCUT2D eigenvalue weighted by Crippen LogP contribution is 2.30. The number of nitrogens with zero attached hydrogens (tertiary/aromatic N) is 2. The molecule has 1 unspecified atom stereocenters. The summed E-state index contributed by atoms with van der Waals surface area (Å²) in [4.78, 5) is 7.13. The van der Waals surface area contributed by atoms with E-state index in [2.05, 4.69) is 35.4 Å². The quantitative estimate of drug-likeness (QED) is 0.456. The number of nitrogens with one attached hydrogen (secondary N) is 2. The summed E-state index contributed by atoms with van der Waals surface area (Å²) in [7, 11) is -1.25. The van der Waals surface area contributed by atoms with E-state index < -0.39 is 9.84 Å². The van der Waals surface area contributed by atoms with E-state index in [1.807, 2.05) is 25.1 Å². The van der Waals surface area contributed by atoms with Crippen LogP contribution in [0.3, 0.4) is 0 Å². The van der Waals surface area contributed by atoms with Gasteiger partial charge in [-0.3, -0.25) is 4.99 Å². The van der Waals surface area contributed by atoms with Gasteiger partial charge in [-0.15, -0.1) is 0 Å². The molecule has 30 heavy (non-hydrogen) atoms. The molecule has 0 bridgehead atoms. The number of sulfone groups is 1. The Kier molecular flexibility index (Phi) is 8.82. The number of guanidine groups is 1. The van der Waals surface area contributed by atoms with E-state index >= 15 is 0 Å². The fourth-order valence-electron chi connectivity index (χ4n) is 3.55. The summed E-state index contributed by atoms with van der Waals surface area (Å²) in [5, 5.41) is 6.91. The van der Waals surface area contributed by atoms with Crippen molar-refractivity contribution in [3.63, 3.8) is 0 Å². The third-order valence-electron chi connectivity index (χ3n) is 5.35. The first-order valence-corrected chi connectivity index (χ1v) is 12.8. The molecule has 1 atom stereocenters. The molecule has 0 aliphatic carbocycles. The van der Waals surface area contributed by atoms with Crippen LogP contribution < -0.4 is 20.3 Å². The molecule has 1 saturated heterocycles. The lowest BCUT2D eigenvalue weighted by Gasteiger charge is -2.36. The molecule has 0 amide bonds. The molecule has 1 aliphatic rings. The molecule has 1 heterocycles. The van der Waals surface area contributed by atoms with Gasteiger partial charge in [0.25, 0.3) is 0 Å². The zero-order valence-corrected chi connectivity index (χ0v) is 19.9. The minimum Gasteiger partial charge on any atom is -0.495 e. The Bertz CT molecular complexity index is 808. The van der Waals surface area contributed by atoms with Gasteiger partial charge in [-0.1, -0.05) is 26.0 Å². The molecule has 170 valence electrons. The number of piperidine rings is 1. The lowest BCUT2D eigenvalue weighted by atomic mass is 9.90. The molecule has 1 fully saturated rings. The molecular formula is C22H38N4O3S. The summed E-state index contributed by atoms with van der Waals surface area (Å²) in [6, 6.07) is 8.41. The second kappa shape index (κ2) is 10.9. The minimum absolute atomic E-state index is 0.179. The van der Waals surface area contributed by atoms with Crippen LogP contribution in [0.4, 0.5) is 5.69 Å². The average molecular weight is 439 g/mol. The fraction of sp³-hybridized carbons (Fsp3) is 0.682. The summed E-state index contributed by atoms with van der Waals surface area (Å²) in [6.45, 7) is 9.41. The van der Waals surface area contributed by atoms with Crippen LogP contribution in [0.1, 0.15) is 40.0 Å². The van der Waals surface area contributed by atoms with E-state index in [-0.39, 0.29) is 17.2 Å². The van der Waals surface area contributed by atoms with Crippen LogP contribution in [0.2, 0.25) is 0 Å². The second-order valence-corrected chi connectivity index (χ2v) is 11.1. The number of rotatable bonds is 9. The van der Waals surface area contributed by atoms with Crippen LogP contribution in [0.5, 0.6) is 5.75 Å². The van der Waals surface area contributed by atoms with E-state index in [1.165, 1.54) is 6.26 Å². The molecular weight excluding hydrogens is 400 g/mol. The van der Waals surface area contributed by atoms with Crippen LogP contribution in [0, 0.1) is 5.41 Å². The van der Waals surface area contributed by atoms with Gasteiger partial charge in [0, 0.05) is 38.5 Å². The topological polar surface area (TPSA) is 83.0 Å². The van der Waals surface area contributed by atoms with Crippen LogP contribution in [0.15, 0.2) is 29.3 Å². The Morgan fingerprint density at radius 2 is 2.07 bits per heavy atom. The number of anilines is 1. The van der Waals surface area contributed by atoms with Crippen LogP contribution >= 0.6 is 0 Å². The molecule has 0 saturated carbocycles. The Hall–Kier alpha value is -1.96. The average Bonchev–Trinajstić information content (AvgIpc) is 2.71. The third-order valence-corrected chi connectivity index (χ3v) is 6.29. The molecule has 0 radical (unpaired) electrons. The number of ether oxygens (including phenoxy) is 1. The summed E-state index contributed by atoms with van der Waals surface area (Å²) < 4.78 is 28.5. The van der Waals surface area contributed by atoms with Crippen molar-refractivity contribution in [1.82, 2.24) is 10.6 Å². The highest BCUT2D eigenvalue weighted by atomic mass is 32.2. The largest absolute Gasteiger partial charge is 0.495 e. The van der Waals surface area contributed by atoms with Gasteiger partial charge >= 0.3 is 0 Å². The Balaban J connectivity index is 2.02. The highest BCUT2D eigenvalue weighted by Gasteiger charge is 2.24. The summed E-state index contributed by atoms with van der Waals surface area (Å²) >= 11 is 0. The molecule has 7 nitrogen and oxygen atoms in total. The normalized spacial score (nSPS) is 18.2. The van der Waals surface area contributed by atoms with E-state index in [9.17, 15) is 8.42 Å². The van der Waals surface area contributed by atoms with Gasteiger partial charge in [0.1, 0.15) is 15.6 Å². The predicted molar refractivity (Wildman–Crippen MR) is 125 cm³/mol. The van der Waals surface area contributed by atoms with Gasteiger partial charge in [0.05, 0.1) is 18.6 Å². The maximum atomic E-state index is 11.5. The van der Waals surface area contributed by atoms with E-state index in [0.29, 0.717) is 13.0 Å². The highest BCUT2D eigenvalue weighted by molar-refractivity contribution is 7.90. The van der Waals surface area contributed by atoms with Gasteiger partial charge in [-0.2, -0.15) is 0 Å². The van der Waals surface area contributed by atoms with Crippen molar-refractivity contribution in [3.05, 3.63) is 24.3 Å². The van der Waals surface area contributed by atoms with Crippen molar-refractivity contribution in [2.24, 2.45) is 10.4 Å². The van der Waals surface area contributed by atoms with Crippen molar-refractivity contribution in [3.8, 4) is 5.75 Å². The van der Waals surface area contributed by atoms with Gasteiger partial charge in [0.15, 0.2) is 5.96 Å². The molecule has 1 aromatic carbocycles. The SMILES string of the molecule is CCNC(=NCC(C)(C)CCS(C)(=O)=O)NC1CCCN(c2ccccc2OC)C1. The van der Waals surface area contributed by atoms with Gasteiger partial charge in [-0.25, -0.2) is 8.42 Å². The number of hydrogen-bond donors (Lipinski definition) is 2. The van der Waals surface area contributed by atoms with Crippen molar-refractivity contribution in [1.29, 1.82) is 0 Å².